The molecule has 0 spiro atoms. The maximum absolute atomic E-state index is 13.3. The van der Waals surface area contributed by atoms with Crippen molar-refractivity contribution >= 4 is 51.3 Å². The molecule has 7 heteroatoms. The average molecular weight is 470 g/mol. The number of nitrogens with one attached hydrogen (secondary N) is 1. The first-order valence-electron chi connectivity index (χ1n) is 9.65. The molecule has 4 aromatic rings. The minimum atomic E-state index is -0.361. The van der Waals surface area contributed by atoms with Crippen LogP contribution in [0.2, 0.25) is 10.0 Å². The summed E-state index contributed by atoms with van der Waals surface area (Å²) >= 11 is 12.1. The number of carbonyl (C=O) groups excluding carboxylic acids is 1. The summed E-state index contributed by atoms with van der Waals surface area (Å²) in [6.07, 6.45) is 3.08. The fourth-order valence-corrected chi connectivity index (χ4v) is 3.76. The van der Waals surface area contributed by atoms with Gasteiger partial charge in [-0.2, -0.15) is 0 Å². The van der Waals surface area contributed by atoms with E-state index < -0.39 is 0 Å². The number of hydrogen-bond donors (Lipinski definition) is 1. The van der Waals surface area contributed by atoms with Crippen LogP contribution in [-0.2, 0) is 4.79 Å². The van der Waals surface area contributed by atoms with Gasteiger partial charge in [-0.1, -0.05) is 35.3 Å². The highest BCUT2D eigenvalue weighted by Gasteiger charge is 2.15. The third-order valence-corrected chi connectivity index (χ3v) is 5.57. The second kappa shape index (κ2) is 9.07. The number of ether oxygens (including phenoxy) is 1. The summed E-state index contributed by atoms with van der Waals surface area (Å²) in [5.74, 6) is -0.117. The van der Waals surface area contributed by atoms with Gasteiger partial charge in [-0.15, -0.1) is 0 Å². The first kappa shape index (κ1) is 21.9. The molecule has 0 unspecified atom stereocenters. The van der Waals surface area contributed by atoms with Crippen LogP contribution in [0.4, 0.5) is 10.1 Å². The Hall–Kier alpha value is -3.28. The molecule has 0 saturated carbocycles. The van der Waals surface area contributed by atoms with E-state index in [1.165, 1.54) is 18.2 Å². The molecule has 0 bridgehead atoms. The number of rotatable bonds is 5. The van der Waals surface area contributed by atoms with Gasteiger partial charge >= 0.3 is 0 Å². The van der Waals surface area contributed by atoms with Crippen molar-refractivity contribution in [1.29, 1.82) is 0 Å². The summed E-state index contributed by atoms with van der Waals surface area (Å²) < 4.78 is 24.5. The van der Waals surface area contributed by atoms with Crippen LogP contribution in [0.15, 0.2) is 71.4 Å². The topological polar surface area (TPSA) is 51.5 Å². The lowest BCUT2D eigenvalue weighted by Gasteiger charge is -2.11. The van der Waals surface area contributed by atoms with Crippen LogP contribution < -0.4 is 10.1 Å². The third-order valence-electron chi connectivity index (χ3n) is 5.01. The number of anilines is 1. The Balaban J connectivity index is 1.71. The minimum absolute atomic E-state index is 0.312. The molecule has 0 saturated heterocycles. The molecule has 1 aromatic heterocycles. The maximum Gasteiger partial charge on any atom is 0.248 e. The van der Waals surface area contributed by atoms with E-state index in [0.29, 0.717) is 32.6 Å². The fourth-order valence-electron chi connectivity index (χ4n) is 3.42. The monoisotopic (exact) mass is 469 g/mol. The quantitative estimate of drug-likeness (QED) is 0.306. The van der Waals surface area contributed by atoms with Crippen LogP contribution in [-0.4, -0.2) is 13.0 Å². The van der Waals surface area contributed by atoms with E-state index in [0.717, 1.165) is 22.1 Å². The number of furan rings is 1. The molecule has 3 aromatic carbocycles. The Labute approximate surface area is 194 Å². The lowest BCUT2D eigenvalue weighted by molar-refractivity contribution is -0.111. The fraction of sp³-hybridized carbons (Fsp3) is 0.0800. The highest BCUT2D eigenvalue weighted by Crippen LogP contribution is 2.37. The number of fused-ring (bicyclic) bond motifs is 1. The summed E-state index contributed by atoms with van der Waals surface area (Å²) in [4.78, 5) is 12.6. The van der Waals surface area contributed by atoms with Crippen molar-refractivity contribution in [2.45, 2.75) is 6.92 Å². The maximum atomic E-state index is 13.3. The standard InChI is InChI=1S/C25H18Cl2FNO3/c1-14(9-25(30)29-22-10-16(26)5-8-21(22)27)18-11-19-20(15-3-6-17(28)7-4-15)13-32-24(19)12-23(18)31-2/h3-13H,1-2H3,(H,29,30)/b14-9+. The summed E-state index contributed by atoms with van der Waals surface area (Å²) in [6, 6.07) is 14.7. The highest BCUT2D eigenvalue weighted by molar-refractivity contribution is 6.35. The summed E-state index contributed by atoms with van der Waals surface area (Å²) in [6.45, 7) is 1.81. The minimum Gasteiger partial charge on any atom is -0.496 e. The van der Waals surface area contributed by atoms with Gasteiger partial charge in [0.1, 0.15) is 17.1 Å². The van der Waals surface area contributed by atoms with Gasteiger partial charge in [-0.25, -0.2) is 4.39 Å². The van der Waals surface area contributed by atoms with Crippen LogP contribution in [0.3, 0.4) is 0 Å². The highest BCUT2D eigenvalue weighted by atomic mass is 35.5. The van der Waals surface area contributed by atoms with Crippen LogP contribution in [0.1, 0.15) is 12.5 Å². The van der Waals surface area contributed by atoms with Crippen LogP contribution in [0, 0.1) is 5.82 Å². The molecule has 1 heterocycles. The molecule has 0 radical (unpaired) electrons. The zero-order valence-electron chi connectivity index (χ0n) is 17.2. The summed E-state index contributed by atoms with van der Waals surface area (Å²) in [5.41, 5.74) is 4.06. The normalized spacial score (nSPS) is 11.6. The van der Waals surface area contributed by atoms with Crippen molar-refractivity contribution in [3.63, 3.8) is 0 Å². The largest absolute Gasteiger partial charge is 0.496 e. The molecule has 0 atom stereocenters. The molecule has 1 amide bonds. The SMILES string of the molecule is COc1cc2occ(-c3ccc(F)cc3)c2cc1/C(C)=C/C(=O)Nc1cc(Cl)ccc1Cl. The lowest BCUT2D eigenvalue weighted by atomic mass is 9.99. The van der Waals surface area contributed by atoms with E-state index in [9.17, 15) is 9.18 Å². The lowest BCUT2D eigenvalue weighted by Crippen LogP contribution is -2.09. The molecule has 0 fully saturated rings. The average Bonchev–Trinajstić information content (AvgIpc) is 3.18. The van der Waals surface area contributed by atoms with Gasteiger partial charge in [-0.3, -0.25) is 4.79 Å². The Morgan fingerprint density at radius 3 is 2.56 bits per heavy atom. The predicted octanol–water partition coefficient (Wildman–Crippen LogP) is 7.60. The van der Waals surface area contributed by atoms with Crippen molar-refractivity contribution in [2.75, 3.05) is 12.4 Å². The molecule has 4 rings (SSSR count). The van der Waals surface area contributed by atoms with E-state index in [1.54, 1.807) is 56.7 Å². The van der Waals surface area contributed by atoms with Crippen molar-refractivity contribution in [2.24, 2.45) is 0 Å². The molecule has 1 N–H and O–H groups in total. The van der Waals surface area contributed by atoms with Crippen LogP contribution >= 0.6 is 23.2 Å². The van der Waals surface area contributed by atoms with Gasteiger partial charge in [-0.05, 0) is 54.5 Å². The van der Waals surface area contributed by atoms with Crippen molar-refractivity contribution in [1.82, 2.24) is 0 Å². The molecule has 32 heavy (non-hydrogen) atoms. The third kappa shape index (κ3) is 4.49. The smallest absolute Gasteiger partial charge is 0.248 e. The molecule has 0 aliphatic rings. The Bertz CT molecular complexity index is 1340. The van der Waals surface area contributed by atoms with Crippen molar-refractivity contribution in [3.05, 3.63) is 88.4 Å². The second-order valence-electron chi connectivity index (χ2n) is 7.15. The molecule has 4 nitrogen and oxygen atoms in total. The number of amides is 1. The summed E-state index contributed by atoms with van der Waals surface area (Å²) in [7, 11) is 1.55. The van der Waals surface area contributed by atoms with Crippen molar-refractivity contribution in [3.8, 4) is 16.9 Å². The number of allylic oxidation sites excluding steroid dienone is 1. The number of hydrogen-bond acceptors (Lipinski definition) is 3. The van der Waals surface area contributed by atoms with E-state index in [4.69, 9.17) is 32.4 Å². The van der Waals surface area contributed by atoms with Gasteiger partial charge in [0.05, 0.1) is 24.1 Å². The number of benzene rings is 3. The van der Waals surface area contributed by atoms with Gasteiger partial charge in [0.25, 0.3) is 0 Å². The second-order valence-corrected chi connectivity index (χ2v) is 7.99. The van der Waals surface area contributed by atoms with Gasteiger partial charge in [0.15, 0.2) is 0 Å². The van der Waals surface area contributed by atoms with Gasteiger partial charge in [0.2, 0.25) is 5.91 Å². The zero-order chi connectivity index (χ0) is 22.8. The number of carbonyl (C=O) groups is 1. The number of methoxy groups -OCH3 is 1. The van der Waals surface area contributed by atoms with Gasteiger partial charge < -0.3 is 14.5 Å². The number of halogens is 3. The van der Waals surface area contributed by atoms with Gasteiger partial charge in [0, 0.05) is 33.7 Å². The van der Waals surface area contributed by atoms with E-state index in [-0.39, 0.29) is 11.7 Å². The van der Waals surface area contributed by atoms with E-state index in [2.05, 4.69) is 5.32 Å². The molecular weight excluding hydrogens is 452 g/mol. The molecule has 0 aliphatic heterocycles. The summed E-state index contributed by atoms with van der Waals surface area (Å²) in [5, 5.41) is 4.40. The van der Waals surface area contributed by atoms with E-state index >= 15 is 0 Å². The predicted molar refractivity (Wildman–Crippen MR) is 127 cm³/mol. The van der Waals surface area contributed by atoms with Crippen molar-refractivity contribution < 1.29 is 18.3 Å². The first-order valence-corrected chi connectivity index (χ1v) is 10.4. The molecule has 0 aliphatic carbocycles. The Morgan fingerprint density at radius 2 is 1.84 bits per heavy atom. The Kier molecular flexibility index (Phi) is 6.21. The first-order chi connectivity index (χ1) is 15.4. The van der Waals surface area contributed by atoms with E-state index in [1.807, 2.05) is 6.07 Å². The molecule has 162 valence electrons. The van der Waals surface area contributed by atoms with Crippen LogP contribution in [0.25, 0.3) is 27.7 Å². The molecular formula is C25H18Cl2FNO3. The zero-order valence-corrected chi connectivity index (χ0v) is 18.7. The van der Waals surface area contributed by atoms with Crippen LogP contribution in [0.5, 0.6) is 5.75 Å². The Morgan fingerprint density at radius 1 is 1.09 bits per heavy atom.